The molecule has 0 aliphatic rings. The van der Waals surface area contributed by atoms with E-state index in [1.54, 1.807) is 6.07 Å². The molecular weight excluding hydrogens is 348 g/mol. The summed E-state index contributed by atoms with van der Waals surface area (Å²) >= 11 is 1.50. The van der Waals surface area contributed by atoms with E-state index in [2.05, 4.69) is 20.8 Å². The Hall–Kier alpha value is -2.93. The lowest BCUT2D eigenvalue weighted by Crippen LogP contribution is -2.27. The highest BCUT2D eigenvalue weighted by Crippen LogP contribution is 2.25. The molecule has 6 nitrogen and oxygen atoms in total. The number of nitrogens with one attached hydrogen (secondary N) is 2. The van der Waals surface area contributed by atoms with Crippen LogP contribution in [0, 0.1) is 6.92 Å². The molecule has 3 N–H and O–H groups in total. The summed E-state index contributed by atoms with van der Waals surface area (Å²) < 4.78 is 1.07. The molecule has 1 aromatic heterocycles. The molecule has 3 aromatic rings. The van der Waals surface area contributed by atoms with Gasteiger partial charge in [-0.15, -0.1) is 0 Å². The first-order valence-electron chi connectivity index (χ1n) is 8.31. The number of phenolic OH excluding ortho intramolecular Hbond substituents is 1. The quantitative estimate of drug-likeness (QED) is 0.458. The molecule has 0 radical (unpaired) electrons. The molecule has 1 amide bonds. The van der Waals surface area contributed by atoms with Crippen LogP contribution in [0.4, 0.5) is 5.13 Å². The molecule has 3 rings (SSSR count). The average molecular weight is 368 g/mol. The van der Waals surface area contributed by atoms with E-state index in [1.807, 2.05) is 50.2 Å². The lowest BCUT2D eigenvalue weighted by molar-refractivity contribution is -0.119. The van der Waals surface area contributed by atoms with Crippen molar-refractivity contribution in [3.8, 4) is 5.75 Å². The van der Waals surface area contributed by atoms with Crippen molar-refractivity contribution in [3.05, 3.63) is 53.6 Å². The van der Waals surface area contributed by atoms with E-state index in [-0.39, 0.29) is 18.2 Å². The number of aromatic hydroxyl groups is 1. The maximum Gasteiger partial charge on any atom is 0.259 e. The number of anilines is 1. The summed E-state index contributed by atoms with van der Waals surface area (Å²) in [5.41, 5.74) is 5.71. The highest BCUT2D eigenvalue weighted by molar-refractivity contribution is 7.22. The lowest BCUT2D eigenvalue weighted by atomic mass is 10.0. The first-order valence-corrected chi connectivity index (χ1v) is 9.13. The van der Waals surface area contributed by atoms with Crippen molar-refractivity contribution in [3.63, 3.8) is 0 Å². The van der Waals surface area contributed by atoms with Crippen molar-refractivity contribution < 1.29 is 9.90 Å². The number of para-hydroxylation sites is 1. The Kier molecular flexibility index (Phi) is 5.48. The Morgan fingerprint density at radius 2 is 2.08 bits per heavy atom. The second-order valence-electron chi connectivity index (χ2n) is 5.81. The van der Waals surface area contributed by atoms with Crippen LogP contribution in [-0.4, -0.2) is 28.3 Å². The fourth-order valence-corrected chi connectivity index (χ4v) is 3.35. The number of aryl methyl sites for hydroxylation is 1. The van der Waals surface area contributed by atoms with E-state index >= 15 is 0 Å². The first-order chi connectivity index (χ1) is 12.6. The molecule has 0 bridgehead atoms. The van der Waals surface area contributed by atoms with Crippen LogP contribution < -0.4 is 10.7 Å². The molecular formula is C19H20N4O2S. The normalized spacial score (nSPS) is 11.5. The number of hydrazone groups is 1. The molecule has 0 fully saturated rings. The molecule has 0 aliphatic carbocycles. The van der Waals surface area contributed by atoms with Crippen molar-refractivity contribution in [1.29, 1.82) is 0 Å². The van der Waals surface area contributed by atoms with E-state index in [4.69, 9.17) is 0 Å². The topological polar surface area (TPSA) is 86.6 Å². The van der Waals surface area contributed by atoms with Crippen molar-refractivity contribution in [2.45, 2.75) is 20.3 Å². The molecule has 26 heavy (non-hydrogen) atoms. The van der Waals surface area contributed by atoms with Crippen LogP contribution in [-0.2, 0) is 4.79 Å². The van der Waals surface area contributed by atoms with Gasteiger partial charge in [-0.3, -0.25) is 4.79 Å². The Morgan fingerprint density at radius 1 is 1.27 bits per heavy atom. The van der Waals surface area contributed by atoms with Gasteiger partial charge in [-0.05, 0) is 37.6 Å². The maximum absolute atomic E-state index is 12.1. The maximum atomic E-state index is 12.1. The molecule has 0 saturated heterocycles. The third-order valence-corrected chi connectivity index (χ3v) is 4.80. The van der Waals surface area contributed by atoms with Crippen LogP contribution in [0.1, 0.15) is 24.5 Å². The second kappa shape index (κ2) is 7.97. The first kappa shape index (κ1) is 17.9. The van der Waals surface area contributed by atoms with Gasteiger partial charge in [-0.1, -0.05) is 42.0 Å². The van der Waals surface area contributed by atoms with E-state index in [1.165, 1.54) is 11.3 Å². The number of fused-ring (bicyclic) bond motifs is 1. The van der Waals surface area contributed by atoms with E-state index in [0.717, 1.165) is 15.8 Å². The number of hydrogen-bond acceptors (Lipinski definition) is 6. The molecule has 0 unspecified atom stereocenters. The van der Waals surface area contributed by atoms with Crippen LogP contribution >= 0.6 is 11.3 Å². The summed E-state index contributed by atoms with van der Waals surface area (Å²) in [5.74, 6) is -0.125. The highest BCUT2D eigenvalue weighted by atomic mass is 32.1. The predicted octanol–water partition coefficient (Wildman–Crippen LogP) is 3.65. The van der Waals surface area contributed by atoms with Gasteiger partial charge in [0.25, 0.3) is 5.91 Å². The predicted molar refractivity (Wildman–Crippen MR) is 106 cm³/mol. The van der Waals surface area contributed by atoms with Gasteiger partial charge in [0, 0.05) is 5.56 Å². The molecule has 1 heterocycles. The summed E-state index contributed by atoms with van der Waals surface area (Å²) in [6.45, 7) is 3.93. The van der Waals surface area contributed by atoms with E-state index < -0.39 is 0 Å². The van der Waals surface area contributed by atoms with Gasteiger partial charge < -0.3 is 10.4 Å². The zero-order valence-electron chi connectivity index (χ0n) is 14.6. The van der Waals surface area contributed by atoms with Crippen molar-refractivity contribution in [2.75, 3.05) is 11.9 Å². The summed E-state index contributed by atoms with van der Waals surface area (Å²) in [4.78, 5) is 16.5. The minimum absolute atomic E-state index is 0.0696. The molecule has 0 spiro atoms. The number of aromatic nitrogens is 1. The standard InChI is InChI=1S/C19H20N4O2S/c1-3-14(13-10-12(2)8-9-16(13)24)22-23-18(25)11-20-19-21-15-6-4-5-7-17(15)26-19/h4-10,24H,3,11H2,1-2H3,(H,20,21)(H,23,25)/b22-14+. The summed E-state index contributed by atoms with van der Waals surface area (Å²) in [6, 6.07) is 13.1. The van der Waals surface area contributed by atoms with Crippen LogP contribution in [0.3, 0.4) is 0 Å². The minimum Gasteiger partial charge on any atom is -0.507 e. The highest BCUT2D eigenvalue weighted by Gasteiger charge is 2.09. The Balaban J connectivity index is 1.63. The fourth-order valence-electron chi connectivity index (χ4n) is 2.48. The fraction of sp³-hybridized carbons (Fsp3) is 0.211. The molecule has 0 aliphatic heterocycles. The molecule has 134 valence electrons. The number of hydrogen-bond donors (Lipinski definition) is 3. The Labute approximate surface area is 155 Å². The Bertz CT molecular complexity index is 932. The number of thiazole rings is 1. The minimum atomic E-state index is -0.276. The number of benzene rings is 2. The van der Waals surface area contributed by atoms with Crippen molar-refractivity contribution in [1.82, 2.24) is 10.4 Å². The van der Waals surface area contributed by atoms with Gasteiger partial charge in [0.05, 0.1) is 22.5 Å². The second-order valence-corrected chi connectivity index (χ2v) is 6.84. The molecule has 7 heteroatoms. The van der Waals surface area contributed by atoms with E-state index in [9.17, 15) is 9.90 Å². The van der Waals surface area contributed by atoms with Gasteiger partial charge in [-0.25, -0.2) is 10.4 Å². The molecule has 2 aromatic carbocycles. The number of amides is 1. The van der Waals surface area contributed by atoms with Gasteiger partial charge >= 0.3 is 0 Å². The van der Waals surface area contributed by atoms with E-state index in [0.29, 0.717) is 22.8 Å². The van der Waals surface area contributed by atoms with Crippen LogP contribution in [0.15, 0.2) is 47.6 Å². The van der Waals surface area contributed by atoms with Gasteiger partial charge in [0.15, 0.2) is 5.13 Å². The summed E-state index contributed by atoms with van der Waals surface area (Å²) in [7, 11) is 0. The third-order valence-electron chi connectivity index (χ3n) is 3.81. The number of nitrogens with zero attached hydrogens (tertiary/aromatic N) is 2. The smallest absolute Gasteiger partial charge is 0.259 e. The average Bonchev–Trinajstić information content (AvgIpc) is 3.06. The summed E-state index contributed by atoms with van der Waals surface area (Å²) in [6.07, 6.45) is 0.586. The van der Waals surface area contributed by atoms with Gasteiger partial charge in [0.1, 0.15) is 5.75 Å². The SMILES string of the molecule is CC/C(=N\NC(=O)CNc1nc2ccccc2s1)c1cc(C)ccc1O. The zero-order chi connectivity index (χ0) is 18.5. The largest absolute Gasteiger partial charge is 0.507 e. The van der Waals surface area contributed by atoms with Crippen molar-refractivity contribution in [2.24, 2.45) is 5.10 Å². The van der Waals surface area contributed by atoms with Crippen LogP contribution in [0.2, 0.25) is 0 Å². The van der Waals surface area contributed by atoms with Crippen LogP contribution in [0.25, 0.3) is 10.2 Å². The summed E-state index contributed by atoms with van der Waals surface area (Å²) in [5, 5.41) is 17.9. The lowest BCUT2D eigenvalue weighted by Gasteiger charge is -2.08. The molecule has 0 saturated carbocycles. The van der Waals surface area contributed by atoms with Gasteiger partial charge in [0.2, 0.25) is 0 Å². The van der Waals surface area contributed by atoms with Crippen molar-refractivity contribution >= 4 is 38.3 Å². The number of carbonyl (C=O) groups is 1. The number of phenols is 1. The number of rotatable bonds is 6. The Morgan fingerprint density at radius 3 is 2.85 bits per heavy atom. The van der Waals surface area contributed by atoms with Gasteiger partial charge in [-0.2, -0.15) is 5.10 Å². The molecule has 0 atom stereocenters. The third kappa shape index (κ3) is 4.18. The monoisotopic (exact) mass is 368 g/mol. The number of carbonyl (C=O) groups excluding carboxylic acids is 1. The zero-order valence-corrected chi connectivity index (χ0v) is 15.4. The van der Waals surface area contributed by atoms with Crippen LogP contribution in [0.5, 0.6) is 5.75 Å².